The van der Waals surface area contributed by atoms with Crippen LogP contribution in [-0.2, 0) is 9.53 Å². The zero-order valence-corrected chi connectivity index (χ0v) is 14.1. The maximum Gasteiger partial charge on any atom is 0.326 e. The molecule has 1 heterocycles. The van der Waals surface area contributed by atoms with E-state index >= 15 is 0 Å². The number of esters is 1. The molecular formula is C18H11FN2O7. The van der Waals surface area contributed by atoms with Crippen molar-refractivity contribution in [1.82, 2.24) is 4.90 Å². The van der Waals surface area contributed by atoms with E-state index in [2.05, 4.69) is 0 Å². The van der Waals surface area contributed by atoms with Crippen LogP contribution in [0.4, 0.5) is 10.1 Å². The summed E-state index contributed by atoms with van der Waals surface area (Å²) in [5.74, 6) is -4.58. The van der Waals surface area contributed by atoms with Crippen molar-refractivity contribution >= 4 is 29.3 Å². The Hall–Kier alpha value is -3.95. The number of halogens is 1. The van der Waals surface area contributed by atoms with Gasteiger partial charge in [0.1, 0.15) is 17.9 Å². The van der Waals surface area contributed by atoms with Crippen LogP contribution in [0.15, 0.2) is 42.5 Å². The number of fused-ring (bicyclic) bond motifs is 1. The lowest BCUT2D eigenvalue weighted by Crippen LogP contribution is -2.36. The smallest absolute Gasteiger partial charge is 0.326 e. The van der Waals surface area contributed by atoms with Crippen molar-refractivity contribution in [2.45, 2.75) is 0 Å². The molecule has 3 rings (SSSR count). The predicted octanol–water partition coefficient (Wildman–Crippen LogP) is 1.76. The Morgan fingerprint density at radius 2 is 1.79 bits per heavy atom. The van der Waals surface area contributed by atoms with Crippen LogP contribution in [0.5, 0.6) is 0 Å². The number of ether oxygens (including phenoxy) is 1. The van der Waals surface area contributed by atoms with Crippen LogP contribution in [0.2, 0.25) is 0 Å². The fourth-order valence-electron chi connectivity index (χ4n) is 2.70. The van der Waals surface area contributed by atoms with Gasteiger partial charge in [0.05, 0.1) is 16.1 Å². The Balaban J connectivity index is 1.68. The Labute approximate surface area is 156 Å². The molecule has 1 aliphatic rings. The van der Waals surface area contributed by atoms with Crippen molar-refractivity contribution in [3.8, 4) is 0 Å². The van der Waals surface area contributed by atoms with Gasteiger partial charge in [-0.25, -0.2) is 4.39 Å². The second-order valence-corrected chi connectivity index (χ2v) is 5.72. The molecule has 142 valence electrons. The Bertz CT molecular complexity index is 1030. The summed E-state index contributed by atoms with van der Waals surface area (Å²) in [4.78, 5) is 59.2. The van der Waals surface area contributed by atoms with Gasteiger partial charge < -0.3 is 4.74 Å². The van der Waals surface area contributed by atoms with Crippen molar-refractivity contribution < 1.29 is 33.2 Å². The molecule has 0 radical (unpaired) electrons. The van der Waals surface area contributed by atoms with Gasteiger partial charge in [0.25, 0.3) is 17.5 Å². The molecule has 1 aliphatic heterocycles. The van der Waals surface area contributed by atoms with E-state index in [0.717, 1.165) is 12.1 Å². The molecule has 28 heavy (non-hydrogen) atoms. The third kappa shape index (κ3) is 3.34. The van der Waals surface area contributed by atoms with Crippen LogP contribution in [0.25, 0.3) is 0 Å². The van der Waals surface area contributed by atoms with Gasteiger partial charge in [-0.05, 0) is 18.2 Å². The molecule has 2 aromatic rings. The number of hydrogen-bond donors (Lipinski definition) is 0. The molecule has 0 atom stereocenters. The van der Waals surface area contributed by atoms with E-state index in [1.807, 2.05) is 0 Å². The molecule has 2 amide bonds. The number of hydrogen-bond acceptors (Lipinski definition) is 7. The molecule has 0 N–H and O–H groups in total. The normalized spacial score (nSPS) is 12.7. The van der Waals surface area contributed by atoms with Gasteiger partial charge in [0.2, 0.25) is 5.78 Å². The molecule has 0 saturated carbocycles. The Morgan fingerprint density at radius 1 is 1.07 bits per heavy atom. The first-order valence-electron chi connectivity index (χ1n) is 7.88. The average molecular weight is 386 g/mol. The number of ketones is 1. The summed E-state index contributed by atoms with van der Waals surface area (Å²) in [5, 5.41) is 11.0. The summed E-state index contributed by atoms with van der Waals surface area (Å²) < 4.78 is 18.2. The summed E-state index contributed by atoms with van der Waals surface area (Å²) in [6.07, 6.45) is 0. The van der Waals surface area contributed by atoms with Gasteiger partial charge in [-0.15, -0.1) is 0 Å². The molecule has 0 fully saturated rings. The first-order valence-corrected chi connectivity index (χ1v) is 7.88. The monoisotopic (exact) mass is 386 g/mol. The number of rotatable bonds is 6. The Morgan fingerprint density at radius 3 is 2.46 bits per heavy atom. The second-order valence-electron chi connectivity index (χ2n) is 5.72. The zero-order chi connectivity index (χ0) is 20.4. The van der Waals surface area contributed by atoms with Gasteiger partial charge in [0, 0.05) is 6.07 Å². The molecule has 0 bridgehead atoms. The zero-order valence-electron chi connectivity index (χ0n) is 14.1. The molecule has 2 aromatic carbocycles. The van der Waals surface area contributed by atoms with Crippen molar-refractivity contribution in [2.24, 2.45) is 0 Å². The lowest BCUT2D eigenvalue weighted by Gasteiger charge is -2.12. The third-order valence-corrected chi connectivity index (χ3v) is 4.00. The van der Waals surface area contributed by atoms with E-state index in [9.17, 15) is 33.7 Å². The molecule has 0 aromatic heterocycles. The highest BCUT2D eigenvalue weighted by atomic mass is 19.1. The van der Waals surface area contributed by atoms with Crippen molar-refractivity contribution in [1.29, 1.82) is 0 Å². The van der Waals surface area contributed by atoms with Gasteiger partial charge in [-0.2, -0.15) is 0 Å². The predicted molar refractivity (Wildman–Crippen MR) is 90.2 cm³/mol. The van der Waals surface area contributed by atoms with E-state index in [-0.39, 0.29) is 11.1 Å². The fourth-order valence-corrected chi connectivity index (χ4v) is 2.70. The van der Waals surface area contributed by atoms with Crippen LogP contribution in [-0.4, -0.2) is 46.5 Å². The molecule has 0 saturated heterocycles. The molecule has 0 unspecified atom stereocenters. The maximum atomic E-state index is 13.5. The highest BCUT2D eigenvalue weighted by molar-refractivity contribution is 6.24. The number of Topliss-reactive ketones (excluding diaryl/α,β-unsaturated/α-hetero) is 1. The minimum absolute atomic E-state index is 0.200. The number of imide groups is 1. The van der Waals surface area contributed by atoms with Gasteiger partial charge in [0.15, 0.2) is 6.61 Å². The lowest BCUT2D eigenvalue weighted by molar-refractivity contribution is -0.385. The molecular weight excluding hydrogens is 375 g/mol. The van der Waals surface area contributed by atoms with E-state index < -0.39 is 58.7 Å². The van der Waals surface area contributed by atoms with Crippen LogP contribution in [0.1, 0.15) is 31.1 Å². The molecule has 0 aliphatic carbocycles. The minimum Gasteiger partial charge on any atom is -0.456 e. The molecule has 0 spiro atoms. The number of carbonyl (C=O) groups excluding carboxylic acids is 4. The van der Waals surface area contributed by atoms with Crippen LogP contribution in [0, 0.1) is 15.9 Å². The largest absolute Gasteiger partial charge is 0.456 e. The first-order chi connectivity index (χ1) is 13.3. The third-order valence-electron chi connectivity index (χ3n) is 4.00. The van der Waals surface area contributed by atoms with Crippen LogP contribution >= 0.6 is 0 Å². The minimum atomic E-state index is -1.10. The van der Waals surface area contributed by atoms with Crippen molar-refractivity contribution in [3.05, 3.63) is 75.1 Å². The quantitative estimate of drug-likeness (QED) is 0.244. The number of benzene rings is 2. The number of nitro groups is 1. The Kier molecular flexibility index (Phi) is 4.94. The summed E-state index contributed by atoms with van der Waals surface area (Å²) in [6, 6.07) is 8.66. The lowest BCUT2D eigenvalue weighted by atomic mass is 10.1. The first kappa shape index (κ1) is 18.8. The molecule has 10 heteroatoms. The average Bonchev–Trinajstić information content (AvgIpc) is 2.91. The molecule has 9 nitrogen and oxygen atoms in total. The van der Waals surface area contributed by atoms with Gasteiger partial charge >= 0.3 is 5.97 Å². The van der Waals surface area contributed by atoms with Crippen molar-refractivity contribution in [2.75, 3.05) is 13.2 Å². The van der Waals surface area contributed by atoms with Gasteiger partial charge in [-0.3, -0.25) is 34.2 Å². The van der Waals surface area contributed by atoms with E-state index in [1.54, 1.807) is 0 Å². The van der Waals surface area contributed by atoms with Gasteiger partial charge in [-0.1, -0.05) is 18.2 Å². The number of nitro benzene ring substituents is 1. The summed E-state index contributed by atoms with van der Waals surface area (Å²) >= 11 is 0. The highest BCUT2D eigenvalue weighted by Crippen LogP contribution is 2.30. The summed E-state index contributed by atoms with van der Waals surface area (Å²) in [7, 11) is 0. The maximum absolute atomic E-state index is 13.5. The standard InChI is InChI=1S/C18H11FN2O7/c19-12-6-2-1-4-10(12)14(22)9-28-15(23)8-20-17(24)11-5-3-7-13(21(26)27)16(11)18(20)25/h1-7H,8-9H2. The van der Waals surface area contributed by atoms with E-state index in [0.29, 0.717) is 4.90 Å². The fraction of sp³-hybridized carbons (Fsp3) is 0.111. The van der Waals surface area contributed by atoms with Crippen LogP contribution < -0.4 is 0 Å². The second kappa shape index (κ2) is 7.35. The number of carbonyl (C=O) groups is 4. The van der Waals surface area contributed by atoms with Crippen molar-refractivity contribution in [3.63, 3.8) is 0 Å². The number of amides is 2. The number of nitrogens with zero attached hydrogens (tertiary/aromatic N) is 2. The van der Waals surface area contributed by atoms with E-state index in [4.69, 9.17) is 4.74 Å². The van der Waals surface area contributed by atoms with Crippen LogP contribution in [0.3, 0.4) is 0 Å². The summed E-state index contributed by atoms with van der Waals surface area (Å²) in [6.45, 7) is -1.63. The summed E-state index contributed by atoms with van der Waals surface area (Å²) in [5.41, 5.74) is -1.43. The highest BCUT2D eigenvalue weighted by Gasteiger charge is 2.41. The van der Waals surface area contributed by atoms with E-state index in [1.165, 1.54) is 30.3 Å². The SMILES string of the molecule is O=C(CN1C(=O)c2cccc([N+](=O)[O-])c2C1=O)OCC(=O)c1ccccc1F. The topological polar surface area (TPSA) is 124 Å².